The van der Waals surface area contributed by atoms with Crippen molar-refractivity contribution >= 4 is 35.2 Å². The number of thioether (sulfide) groups is 1. The molecule has 158 valence electrons. The highest BCUT2D eigenvalue weighted by atomic mass is 35.5. The molecule has 1 heterocycles. The molecule has 1 aromatic rings. The number of amides is 2. The van der Waals surface area contributed by atoms with Crippen LogP contribution in [0.1, 0.15) is 26.2 Å². The smallest absolute Gasteiger partial charge is 0.258 e. The molecule has 5 rings (SSSR count). The van der Waals surface area contributed by atoms with Gasteiger partial charge in [-0.15, -0.1) is 11.8 Å². The summed E-state index contributed by atoms with van der Waals surface area (Å²) in [6.45, 7) is 2.76. The summed E-state index contributed by atoms with van der Waals surface area (Å²) in [6, 6.07) is 4.19. The third-order valence-electron chi connectivity index (χ3n) is 5.99. The standard InChI is InChI=1S/C20H25ClFN3O3S/c1-10-8-23-20(29-10)19(27)25-17-7-16(11-4-12(17)5-11)24-18(26)9-28-13-2-3-14(21)15(22)6-13/h2-3,6,10-12,16-17,20,23H,4-5,7-9H2,1H3,(H,24,26)(H,25,27)/t10?,11?,12?,16-,17+,20?/m0/s1. The van der Waals surface area contributed by atoms with Gasteiger partial charge in [-0.2, -0.15) is 0 Å². The summed E-state index contributed by atoms with van der Waals surface area (Å²) in [4.78, 5) is 24.8. The maximum absolute atomic E-state index is 13.5. The Morgan fingerprint density at radius 2 is 1.97 bits per heavy atom. The number of rotatable bonds is 6. The Morgan fingerprint density at radius 1 is 1.24 bits per heavy atom. The van der Waals surface area contributed by atoms with Crippen LogP contribution in [-0.2, 0) is 9.59 Å². The summed E-state index contributed by atoms with van der Waals surface area (Å²) in [7, 11) is 0. The predicted molar refractivity (Wildman–Crippen MR) is 110 cm³/mol. The summed E-state index contributed by atoms with van der Waals surface area (Å²) >= 11 is 7.30. The van der Waals surface area contributed by atoms with Crippen molar-refractivity contribution in [1.29, 1.82) is 0 Å². The second kappa shape index (κ2) is 8.70. The van der Waals surface area contributed by atoms with Gasteiger partial charge >= 0.3 is 0 Å². The van der Waals surface area contributed by atoms with Crippen LogP contribution in [0.3, 0.4) is 0 Å². The highest BCUT2D eigenvalue weighted by Crippen LogP contribution is 2.46. The zero-order valence-electron chi connectivity index (χ0n) is 16.1. The first kappa shape index (κ1) is 20.8. The van der Waals surface area contributed by atoms with Crippen molar-refractivity contribution in [1.82, 2.24) is 16.0 Å². The number of hydrogen-bond acceptors (Lipinski definition) is 5. The van der Waals surface area contributed by atoms with Crippen LogP contribution in [0.2, 0.25) is 5.02 Å². The van der Waals surface area contributed by atoms with Crippen LogP contribution < -0.4 is 20.7 Å². The molecule has 3 saturated carbocycles. The Kier molecular flexibility index (Phi) is 6.22. The van der Waals surface area contributed by atoms with E-state index in [0.717, 1.165) is 31.9 Å². The van der Waals surface area contributed by atoms with E-state index < -0.39 is 5.82 Å². The SMILES string of the molecule is CC1CNC(C(=O)N[C@@H]2C[C@H](NC(=O)COc3ccc(Cl)c(F)c3)C3CC2C3)S1. The molecule has 3 aliphatic carbocycles. The number of carbonyl (C=O) groups is 2. The Balaban J connectivity index is 1.26. The van der Waals surface area contributed by atoms with Gasteiger partial charge in [0.05, 0.1) is 5.02 Å². The van der Waals surface area contributed by atoms with Crippen LogP contribution in [0.4, 0.5) is 4.39 Å². The van der Waals surface area contributed by atoms with Gasteiger partial charge in [-0.3, -0.25) is 14.9 Å². The second-order valence-corrected chi connectivity index (χ2v) is 10.1. The number of ether oxygens (including phenoxy) is 1. The lowest BCUT2D eigenvalue weighted by Gasteiger charge is -2.51. The molecule has 0 aromatic heterocycles. The van der Waals surface area contributed by atoms with Gasteiger partial charge in [0.2, 0.25) is 5.91 Å². The molecule has 4 aliphatic rings. The summed E-state index contributed by atoms with van der Waals surface area (Å²) in [5.41, 5.74) is 0. The van der Waals surface area contributed by atoms with Crippen molar-refractivity contribution in [3.63, 3.8) is 0 Å². The first-order valence-electron chi connectivity index (χ1n) is 9.95. The molecule has 4 fully saturated rings. The van der Waals surface area contributed by atoms with E-state index in [9.17, 15) is 14.0 Å². The average Bonchev–Trinajstić information content (AvgIpc) is 3.08. The van der Waals surface area contributed by atoms with Gasteiger partial charge in [-0.1, -0.05) is 18.5 Å². The van der Waals surface area contributed by atoms with Gasteiger partial charge in [0.1, 0.15) is 16.9 Å². The van der Waals surface area contributed by atoms with Gasteiger partial charge in [0.15, 0.2) is 6.61 Å². The van der Waals surface area contributed by atoms with Crippen LogP contribution in [0.25, 0.3) is 0 Å². The van der Waals surface area contributed by atoms with Gasteiger partial charge in [-0.05, 0) is 43.2 Å². The fraction of sp³-hybridized carbons (Fsp3) is 0.600. The average molecular weight is 442 g/mol. The minimum atomic E-state index is -0.583. The number of fused-ring (bicyclic) bond motifs is 2. The van der Waals surface area contributed by atoms with Crippen LogP contribution in [0, 0.1) is 17.7 Å². The highest BCUT2D eigenvalue weighted by Gasteiger charge is 2.47. The van der Waals surface area contributed by atoms with Gasteiger partial charge in [0.25, 0.3) is 5.91 Å². The van der Waals surface area contributed by atoms with Crippen LogP contribution in [-0.4, -0.2) is 47.7 Å². The Labute approximate surface area is 178 Å². The normalized spacial score (nSPS) is 32.9. The predicted octanol–water partition coefficient (Wildman–Crippen LogP) is 2.31. The van der Waals surface area contributed by atoms with Crippen molar-refractivity contribution in [2.75, 3.05) is 13.2 Å². The number of benzene rings is 1. The Bertz CT molecular complexity index is 792. The quantitative estimate of drug-likeness (QED) is 0.631. The van der Waals surface area contributed by atoms with Crippen LogP contribution >= 0.6 is 23.4 Å². The van der Waals surface area contributed by atoms with E-state index in [2.05, 4.69) is 22.9 Å². The second-order valence-electron chi connectivity index (χ2n) is 8.12. The molecule has 4 atom stereocenters. The van der Waals surface area contributed by atoms with Crippen molar-refractivity contribution < 1.29 is 18.7 Å². The molecule has 0 radical (unpaired) electrons. The molecule has 29 heavy (non-hydrogen) atoms. The van der Waals surface area contributed by atoms with Crippen molar-refractivity contribution in [2.24, 2.45) is 11.8 Å². The highest BCUT2D eigenvalue weighted by molar-refractivity contribution is 8.01. The molecule has 6 nitrogen and oxygen atoms in total. The summed E-state index contributed by atoms with van der Waals surface area (Å²) in [6.07, 6.45) is 2.76. The number of hydrogen-bond donors (Lipinski definition) is 3. The minimum absolute atomic E-state index is 0.0114. The van der Waals surface area contributed by atoms with E-state index in [1.807, 2.05) is 0 Å². The first-order chi connectivity index (χ1) is 13.9. The Hall–Kier alpha value is -1.51. The summed E-state index contributed by atoms with van der Waals surface area (Å²) in [5.74, 6) is 0.407. The molecule has 1 aromatic carbocycles. The lowest BCUT2D eigenvalue weighted by Crippen LogP contribution is -2.61. The molecule has 1 saturated heterocycles. The first-order valence-corrected chi connectivity index (χ1v) is 11.3. The maximum atomic E-state index is 13.5. The molecular formula is C20H25ClFN3O3S. The van der Waals surface area contributed by atoms with Crippen molar-refractivity contribution in [2.45, 2.75) is 48.9 Å². The Morgan fingerprint density at radius 3 is 2.62 bits per heavy atom. The van der Waals surface area contributed by atoms with Crippen molar-refractivity contribution in [3.8, 4) is 5.75 Å². The number of halogens is 2. The van der Waals surface area contributed by atoms with E-state index in [4.69, 9.17) is 16.3 Å². The molecule has 2 bridgehead atoms. The lowest BCUT2D eigenvalue weighted by atomic mass is 9.60. The monoisotopic (exact) mass is 441 g/mol. The lowest BCUT2D eigenvalue weighted by molar-refractivity contribution is -0.126. The molecule has 1 aliphatic heterocycles. The number of nitrogens with one attached hydrogen (secondary N) is 3. The van der Waals surface area contributed by atoms with Crippen LogP contribution in [0.15, 0.2) is 18.2 Å². The minimum Gasteiger partial charge on any atom is -0.484 e. The van der Waals surface area contributed by atoms with E-state index in [1.54, 1.807) is 11.8 Å². The summed E-state index contributed by atoms with van der Waals surface area (Å²) in [5, 5.41) is 9.70. The fourth-order valence-corrected chi connectivity index (χ4v) is 5.51. The van der Waals surface area contributed by atoms with Gasteiger partial charge in [-0.25, -0.2) is 4.39 Å². The van der Waals surface area contributed by atoms with E-state index in [-0.39, 0.29) is 46.7 Å². The molecule has 2 amide bonds. The zero-order valence-corrected chi connectivity index (χ0v) is 17.7. The van der Waals surface area contributed by atoms with Crippen LogP contribution in [0.5, 0.6) is 5.75 Å². The summed E-state index contributed by atoms with van der Waals surface area (Å²) < 4.78 is 18.8. The van der Waals surface area contributed by atoms with E-state index >= 15 is 0 Å². The fourth-order valence-electron chi connectivity index (χ4n) is 4.36. The van der Waals surface area contributed by atoms with Gasteiger partial charge in [0, 0.05) is 29.9 Å². The molecule has 0 spiro atoms. The maximum Gasteiger partial charge on any atom is 0.258 e. The third-order valence-corrected chi connectivity index (χ3v) is 7.58. The van der Waals surface area contributed by atoms with E-state index in [0.29, 0.717) is 17.1 Å². The molecule has 3 N–H and O–H groups in total. The van der Waals surface area contributed by atoms with Gasteiger partial charge < -0.3 is 15.4 Å². The zero-order chi connectivity index (χ0) is 20.5. The topological polar surface area (TPSA) is 79.5 Å². The molecule has 9 heteroatoms. The van der Waals surface area contributed by atoms with Crippen molar-refractivity contribution in [3.05, 3.63) is 29.0 Å². The largest absolute Gasteiger partial charge is 0.484 e. The number of carbonyl (C=O) groups excluding carboxylic acids is 2. The third kappa shape index (κ3) is 4.81. The molecule has 2 unspecified atom stereocenters. The van der Waals surface area contributed by atoms with E-state index in [1.165, 1.54) is 12.1 Å². The molecular weight excluding hydrogens is 417 g/mol.